The number of rotatable bonds is 4. The molecule has 4 nitrogen and oxygen atoms in total. The van der Waals surface area contributed by atoms with Gasteiger partial charge in [0.25, 0.3) is 0 Å². The van der Waals surface area contributed by atoms with Crippen LogP contribution in [-0.4, -0.2) is 42.9 Å². The number of aliphatic hydroxyl groups excluding tert-OH is 1. The van der Waals surface area contributed by atoms with Crippen molar-refractivity contribution in [3.05, 3.63) is 0 Å². The van der Waals surface area contributed by atoms with Gasteiger partial charge in [0.15, 0.2) is 0 Å². The smallest absolute Gasteiger partial charge is 0.216 e. The lowest BCUT2D eigenvalue weighted by Gasteiger charge is -2.23. The van der Waals surface area contributed by atoms with Gasteiger partial charge in [0.2, 0.25) is 10.0 Å². The summed E-state index contributed by atoms with van der Waals surface area (Å²) in [7, 11) is -3.32. The lowest BCUT2D eigenvalue weighted by Crippen LogP contribution is -2.42. The zero-order chi connectivity index (χ0) is 10.6. The van der Waals surface area contributed by atoms with E-state index >= 15 is 0 Å². The average Bonchev–Trinajstić information content (AvgIpc) is 2.17. The van der Waals surface area contributed by atoms with Crippen LogP contribution in [0.2, 0.25) is 0 Å². The minimum absolute atomic E-state index is 0.0650. The molecule has 1 aliphatic rings. The molecule has 0 aromatic rings. The largest absolute Gasteiger partial charge is 0.395 e. The minimum Gasteiger partial charge on any atom is -0.395 e. The second-order valence-corrected chi connectivity index (χ2v) is 6.90. The van der Waals surface area contributed by atoms with E-state index in [0.717, 1.165) is 24.3 Å². The van der Waals surface area contributed by atoms with E-state index in [0.29, 0.717) is 0 Å². The van der Waals surface area contributed by atoms with Crippen LogP contribution >= 0.6 is 11.8 Å². The van der Waals surface area contributed by atoms with Crippen LogP contribution in [0.25, 0.3) is 0 Å². The van der Waals surface area contributed by atoms with Crippen molar-refractivity contribution in [1.29, 1.82) is 0 Å². The molecule has 84 valence electrons. The van der Waals surface area contributed by atoms with Gasteiger partial charge in [0, 0.05) is 6.04 Å². The first-order valence-corrected chi connectivity index (χ1v) is 7.46. The topological polar surface area (TPSA) is 66.4 Å². The Labute approximate surface area is 89.5 Å². The first-order valence-electron chi connectivity index (χ1n) is 4.76. The van der Waals surface area contributed by atoms with Gasteiger partial charge >= 0.3 is 0 Å². The summed E-state index contributed by atoms with van der Waals surface area (Å²) in [6.45, 7) is 1.19. The molecule has 1 atom stereocenters. The summed E-state index contributed by atoms with van der Waals surface area (Å²) in [4.78, 5) is 0. The molecule has 1 unspecified atom stereocenters. The van der Waals surface area contributed by atoms with Gasteiger partial charge in [-0.05, 0) is 31.3 Å². The van der Waals surface area contributed by atoms with E-state index < -0.39 is 15.3 Å². The Morgan fingerprint density at radius 3 is 2.57 bits per heavy atom. The van der Waals surface area contributed by atoms with Gasteiger partial charge in [-0.1, -0.05) is 0 Å². The molecule has 0 aromatic carbocycles. The quantitative estimate of drug-likeness (QED) is 0.734. The number of sulfonamides is 1. The van der Waals surface area contributed by atoms with E-state index in [9.17, 15) is 8.42 Å². The molecular formula is C8H17NO3S2. The fourth-order valence-corrected chi connectivity index (χ4v) is 3.50. The highest BCUT2D eigenvalue weighted by molar-refractivity contribution is 7.99. The molecule has 2 N–H and O–H groups in total. The number of hydrogen-bond acceptors (Lipinski definition) is 4. The van der Waals surface area contributed by atoms with Crippen molar-refractivity contribution in [1.82, 2.24) is 4.72 Å². The van der Waals surface area contributed by atoms with E-state index in [-0.39, 0.29) is 12.6 Å². The van der Waals surface area contributed by atoms with Crippen LogP contribution in [0.1, 0.15) is 19.8 Å². The predicted molar refractivity (Wildman–Crippen MR) is 59.0 cm³/mol. The van der Waals surface area contributed by atoms with Gasteiger partial charge in [-0.15, -0.1) is 0 Å². The van der Waals surface area contributed by atoms with Crippen LogP contribution in [0.5, 0.6) is 0 Å². The molecule has 0 radical (unpaired) electrons. The third-order valence-electron chi connectivity index (χ3n) is 2.34. The molecule has 0 spiro atoms. The van der Waals surface area contributed by atoms with E-state index in [1.807, 2.05) is 11.8 Å². The van der Waals surface area contributed by atoms with Gasteiger partial charge in [-0.3, -0.25) is 0 Å². The molecule has 0 aromatic heterocycles. The van der Waals surface area contributed by atoms with Crippen molar-refractivity contribution in [2.45, 2.75) is 31.1 Å². The minimum atomic E-state index is -3.32. The van der Waals surface area contributed by atoms with Crippen molar-refractivity contribution in [3.8, 4) is 0 Å². The third kappa shape index (κ3) is 3.42. The summed E-state index contributed by atoms with van der Waals surface area (Å²) in [5, 5.41) is 8.07. The highest BCUT2D eigenvalue weighted by atomic mass is 32.2. The number of hydrogen-bond donors (Lipinski definition) is 2. The van der Waals surface area contributed by atoms with Gasteiger partial charge in [0.1, 0.15) is 0 Å². The predicted octanol–water partition coefficient (Wildman–Crippen LogP) is 0.182. The Kier molecular flexibility index (Phi) is 4.69. The Bertz CT molecular complexity index is 260. The van der Waals surface area contributed by atoms with E-state index in [1.54, 1.807) is 0 Å². The third-order valence-corrected chi connectivity index (χ3v) is 5.26. The Balaban J connectivity index is 2.49. The summed E-state index contributed by atoms with van der Waals surface area (Å²) < 4.78 is 25.7. The lowest BCUT2D eigenvalue weighted by atomic mass is 10.2. The van der Waals surface area contributed by atoms with Crippen molar-refractivity contribution >= 4 is 21.8 Å². The maximum Gasteiger partial charge on any atom is 0.216 e. The summed E-state index contributed by atoms with van der Waals surface area (Å²) in [6, 6.07) is 0.0650. The van der Waals surface area contributed by atoms with Gasteiger partial charge in [-0.2, -0.15) is 11.8 Å². The first kappa shape index (κ1) is 12.3. The van der Waals surface area contributed by atoms with Crippen molar-refractivity contribution in [2.24, 2.45) is 0 Å². The maximum atomic E-state index is 11.6. The van der Waals surface area contributed by atoms with Crippen LogP contribution in [0.15, 0.2) is 0 Å². The average molecular weight is 239 g/mol. The SMILES string of the molecule is CC(CO)S(=O)(=O)NC1CCSCC1. The molecule has 1 saturated heterocycles. The van der Waals surface area contributed by atoms with Crippen LogP contribution in [0.4, 0.5) is 0 Å². The normalized spacial score (nSPS) is 22.1. The Morgan fingerprint density at radius 2 is 2.07 bits per heavy atom. The molecule has 1 heterocycles. The number of nitrogens with one attached hydrogen (secondary N) is 1. The number of thioether (sulfide) groups is 1. The van der Waals surface area contributed by atoms with Crippen molar-refractivity contribution in [2.75, 3.05) is 18.1 Å². The number of aliphatic hydroxyl groups is 1. The monoisotopic (exact) mass is 239 g/mol. The van der Waals surface area contributed by atoms with E-state index in [1.165, 1.54) is 6.92 Å². The zero-order valence-electron chi connectivity index (χ0n) is 8.27. The highest BCUT2D eigenvalue weighted by Crippen LogP contribution is 2.18. The first-order chi connectivity index (χ1) is 6.56. The van der Waals surface area contributed by atoms with Gasteiger partial charge in [0.05, 0.1) is 11.9 Å². The standard InChI is InChI=1S/C8H17NO3S2/c1-7(6-10)14(11,12)9-8-2-4-13-5-3-8/h7-10H,2-6H2,1H3. The molecule has 0 aliphatic carbocycles. The Morgan fingerprint density at radius 1 is 1.50 bits per heavy atom. The van der Waals surface area contributed by atoms with Crippen LogP contribution < -0.4 is 4.72 Å². The molecule has 1 rings (SSSR count). The molecule has 0 bridgehead atoms. The van der Waals surface area contributed by atoms with Crippen LogP contribution in [0.3, 0.4) is 0 Å². The molecule has 1 aliphatic heterocycles. The van der Waals surface area contributed by atoms with Crippen molar-refractivity contribution < 1.29 is 13.5 Å². The summed E-state index contributed by atoms with van der Waals surface area (Å²) in [5.41, 5.74) is 0. The Hall–Kier alpha value is 0.220. The second-order valence-electron chi connectivity index (χ2n) is 3.54. The van der Waals surface area contributed by atoms with Crippen molar-refractivity contribution in [3.63, 3.8) is 0 Å². The zero-order valence-corrected chi connectivity index (χ0v) is 9.90. The molecule has 6 heteroatoms. The molecule has 0 amide bonds. The van der Waals surface area contributed by atoms with Gasteiger partial charge < -0.3 is 5.11 Å². The maximum absolute atomic E-state index is 11.6. The molecule has 0 saturated carbocycles. The lowest BCUT2D eigenvalue weighted by molar-refractivity contribution is 0.294. The molecule has 14 heavy (non-hydrogen) atoms. The second kappa shape index (κ2) is 5.34. The fourth-order valence-electron chi connectivity index (χ4n) is 1.26. The summed E-state index contributed by atoms with van der Waals surface area (Å²) in [6.07, 6.45) is 1.78. The van der Waals surface area contributed by atoms with Crippen LogP contribution in [-0.2, 0) is 10.0 Å². The summed E-state index contributed by atoms with van der Waals surface area (Å²) >= 11 is 1.85. The summed E-state index contributed by atoms with van der Waals surface area (Å²) in [5.74, 6) is 2.03. The van der Waals surface area contributed by atoms with E-state index in [4.69, 9.17) is 5.11 Å². The van der Waals surface area contributed by atoms with Crippen LogP contribution in [0, 0.1) is 0 Å². The molecular weight excluding hydrogens is 222 g/mol. The van der Waals surface area contributed by atoms with Gasteiger partial charge in [-0.25, -0.2) is 13.1 Å². The fraction of sp³-hybridized carbons (Fsp3) is 1.00. The highest BCUT2D eigenvalue weighted by Gasteiger charge is 2.24. The van der Waals surface area contributed by atoms with E-state index in [2.05, 4.69) is 4.72 Å². The molecule has 1 fully saturated rings.